The molecule has 0 saturated heterocycles. The van der Waals surface area contributed by atoms with Crippen molar-refractivity contribution in [3.63, 3.8) is 0 Å². The smallest absolute Gasteiger partial charge is 0.161 e. The number of rotatable bonds is 6. The summed E-state index contributed by atoms with van der Waals surface area (Å²) in [6.45, 7) is 0. The van der Waals surface area contributed by atoms with E-state index in [4.69, 9.17) is 9.47 Å². The molecule has 0 spiro atoms. The third-order valence-corrected chi connectivity index (χ3v) is 4.87. The molecule has 144 valence electrons. The zero-order valence-electron chi connectivity index (χ0n) is 16.6. The summed E-state index contributed by atoms with van der Waals surface area (Å²) in [7, 11) is 3.30. The second kappa shape index (κ2) is 8.53. The Morgan fingerprint density at radius 3 is 1.48 bits per heavy atom. The highest BCUT2D eigenvalue weighted by atomic mass is 16.5. The summed E-state index contributed by atoms with van der Waals surface area (Å²) in [6.07, 6.45) is 0. The van der Waals surface area contributed by atoms with E-state index in [0.29, 0.717) is 0 Å². The van der Waals surface area contributed by atoms with Gasteiger partial charge in [0.05, 0.1) is 14.2 Å². The highest BCUT2D eigenvalue weighted by Crippen LogP contribution is 2.36. The van der Waals surface area contributed by atoms with Crippen molar-refractivity contribution in [1.82, 2.24) is 0 Å². The van der Waals surface area contributed by atoms with Crippen molar-refractivity contribution in [2.75, 3.05) is 19.1 Å². The standard InChI is InChI=1S/C26H23NO2/c1-28-25-18-15-21(19-26(25)29-2)20-13-16-24(17-14-20)27(22-9-5-3-6-10-22)23-11-7-4-8-12-23/h3-19H,1-2H3. The normalized spacial score (nSPS) is 10.4. The van der Waals surface area contributed by atoms with Crippen molar-refractivity contribution in [3.05, 3.63) is 103 Å². The first-order valence-corrected chi connectivity index (χ1v) is 9.53. The molecule has 0 aliphatic rings. The van der Waals surface area contributed by atoms with Gasteiger partial charge in [-0.3, -0.25) is 0 Å². The molecule has 0 radical (unpaired) electrons. The number of methoxy groups -OCH3 is 2. The predicted octanol–water partition coefficient (Wildman–Crippen LogP) is 6.84. The number of nitrogens with zero attached hydrogens (tertiary/aromatic N) is 1. The third-order valence-electron chi connectivity index (χ3n) is 4.87. The van der Waals surface area contributed by atoms with Crippen molar-refractivity contribution >= 4 is 17.1 Å². The van der Waals surface area contributed by atoms with E-state index >= 15 is 0 Å². The summed E-state index contributed by atoms with van der Waals surface area (Å²) in [5, 5.41) is 0. The number of hydrogen-bond donors (Lipinski definition) is 0. The van der Waals surface area contributed by atoms with Crippen molar-refractivity contribution in [2.45, 2.75) is 0 Å². The fourth-order valence-electron chi connectivity index (χ4n) is 3.42. The average molecular weight is 381 g/mol. The maximum absolute atomic E-state index is 5.44. The van der Waals surface area contributed by atoms with E-state index in [2.05, 4.69) is 77.7 Å². The molecule has 0 aliphatic heterocycles. The summed E-state index contributed by atoms with van der Waals surface area (Å²) in [5.41, 5.74) is 5.55. The van der Waals surface area contributed by atoms with Crippen LogP contribution in [0.2, 0.25) is 0 Å². The van der Waals surface area contributed by atoms with Gasteiger partial charge in [0.2, 0.25) is 0 Å². The molecule has 4 rings (SSSR count). The Hall–Kier alpha value is -3.72. The molecular weight excluding hydrogens is 358 g/mol. The zero-order chi connectivity index (χ0) is 20.1. The van der Waals surface area contributed by atoms with Crippen LogP contribution in [0.4, 0.5) is 17.1 Å². The molecule has 3 heteroatoms. The molecule has 0 saturated carbocycles. The Morgan fingerprint density at radius 2 is 0.966 bits per heavy atom. The van der Waals surface area contributed by atoms with Gasteiger partial charge >= 0.3 is 0 Å². The third kappa shape index (κ3) is 3.94. The molecule has 4 aromatic rings. The van der Waals surface area contributed by atoms with Crippen LogP contribution in [-0.4, -0.2) is 14.2 Å². The first kappa shape index (κ1) is 18.6. The van der Waals surface area contributed by atoms with Gasteiger partial charge in [0, 0.05) is 17.1 Å². The number of benzene rings is 4. The van der Waals surface area contributed by atoms with Crippen LogP contribution in [-0.2, 0) is 0 Å². The summed E-state index contributed by atoms with van der Waals surface area (Å²) in [4.78, 5) is 2.25. The van der Waals surface area contributed by atoms with E-state index in [9.17, 15) is 0 Å². The van der Waals surface area contributed by atoms with Gasteiger partial charge in [0.25, 0.3) is 0 Å². The molecule has 0 atom stereocenters. The zero-order valence-corrected chi connectivity index (χ0v) is 16.6. The SMILES string of the molecule is COc1ccc(-c2ccc(N(c3ccccc3)c3ccccc3)cc2)cc1OC. The van der Waals surface area contributed by atoms with Crippen molar-refractivity contribution in [2.24, 2.45) is 0 Å². The first-order valence-electron chi connectivity index (χ1n) is 9.53. The van der Waals surface area contributed by atoms with Crippen LogP contribution in [0, 0.1) is 0 Å². The van der Waals surface area contributed by atoms with Gasteiger partial charge in [0.1, 0.15) is 0 Å². The monoisotopic (exact) mass is 381 g/mol. The van der Waals surface area contributed by atoms with Crippen LogP contribution in [0.15, 0.2) is 103 Å². The molecule has 0 bridgehead atoms. The maximum atomic E-state index is 5.44. The molecule has 0 aromatic heterocycles. The van der Waals surface area contributed by atoms with Gasteiger partial charge in [0.15, 0.2) is 11.5 Å². The number of hydrogen-bond acceptors (Lipinski definition) is 3. The number of anilines is 3. The van der Waals surface area contributed by atoms with E-state index in [1.807, 2.05) is 30.3 Å². The van der Waals surface area contributed by atoms with E-state index in [-0.39, 0.29) is 0 Å². The van der Waals surface area contributed by atoms with Gasteiger partial charge in [-0.05, 0) is 59.7 Å². The fourth-order valence-corrected chi connectivity index (χ4v) is 3.42. The minimum Gasteiger partial charge on any atom is -0.493 e. The molecule has 0 fully saturated rings. The van der Waals surface area contributed by atoms with E-state index in [1.54, 1.807) is 14.2 Å². The summed E-state index contributed by atoms with van der Waals surface area (Å²) in [6, 6.07) is 35.3. The molecule has 0 aliphatic carbocycles. The Labute approximate surface area is 171 Å². The van der Waals surface area contributed by atoms with Crippen LogP contribution < -0.4 is 14.4 Å². The van der Waals surface area contributed by atoms with Crippen molar-refractivity contribution in [1.29, 1.82) is 0 Å². The maximum Gasteiger partial charge on any atom is 0.161 e. The Balaban J connectivity index is 1.72. The van der Waals surface area contributed by atoms with Gasteiger partial charge in [-0.1, -0.05) is 54.6 Å². The van der Waals surface area contributed by atoms with Crippen molar-refractivity contribution in [3.8, 4) is 22.6 Å². The number of para-hydroxylation sites is 2. The quantitative estimate of drug-likeness (QED) is 0.365. The van der Waals surface area contributed by atoms with Crippen LogP contribution in [0.3, 0.4) is 0 Å². The summed E-state index contributed by atoms with van der Waals surface area (Å²) < 4.78 is 10.8. The predicted molar refractivity (Wildman–Crippen MR) is 120 cm³/mol. The van der Waals surface area contributed by atoms with Gasteiger partial charge in [-0.2, -0.15) is 0 Å². The topological polar surface area (TPSA) is 21.7 Å². The Morgan fingerprint density at radius 1 is 0.483 bits per heavy atom. The van der Waals surface area contributed by atoms with Crippen molar-refractivity contribution < 1.29 is 9.47 Å². The highest BCUT2D eigenvalue weighted by Gasteiger charge is 2.12. The lowest BCUT2D eigenvalue weighted by molar-refractivity contribution is 0.355. The average Bonchev–Trinajstić information content (AvgIpc) is 2.81. The largest absolute Gasteiger partial charge is 0.493 e. The Bertz CT molecular complexity index is 1020. The van der Waals surface area contributed by atoms with E-state index < -0.39 is 0 Å². The summed E-state index contributed by atoms with van der Waals surface area (Å²) in [5.74, 6) is 1.46. The lowest BCUT2D eigenvalue weighted by Crippen LogP contribution is -2.09. The second-order valence-corrected chi connectivity index (χ2v) is 6.62. The van der Waals surface area contributed by atoms with E-state index in [0.717, 1.165) is 39.7 Å². The highest BCUT2D eigenvalue weighted by molar-refractivity contribution is 5.78. The molecule has 4 aromatic carbocycles. The molecule has 0 N–H and O–H groups in total. The van der Waals surface area contributed by atoms with Gasteiger partial charge in [-0.25, -0.2) is 0 Å². The molecule has 3 nitrogen and oxygen atoms in total. The van der Waals surface area contributed by atoms with Crippen LogP contribution in [0.5, 0.6) is 11.5 Å². The molecule has 0 amide bonds. The molecule has 0 unspecified atom stereocenters. The summed E-state index contributed by atoms with van der Waals surface area (Å²) >= 11 is 0. The fraction of sp³-hybridized carbons (Fsp3) is 0.0769. The molecular formula is C26H23NO2. The molecule has 29 heavy (non-hydrogen) atoms. The van der Waals surface area contributed by atoms with Crippen LogP contribution in [0.1, 0.15) is 0 Å². The van der Waals surface area contributed by atoms with E-state index in [1.165, 1.54) is 0 Å². The Kier molecular flexibility index (Phi) is 5.48. The van der Waals surface area contributed by atoms with Crippen LogP contribution in [0.25, 0.3) is 11.1 Å². The number of ether oxygens (including phenoxy) is 2. The van der Waals surface area contributed by atoms with Gasteiger partial charge < -0.3 is 14.4 Å². The second-order valence-electron chi connectivity index (χ2n) is 6.62. The lowest BCUT2D eigenvalue weighted by atomic mass is 10.0. The van der Waals surface area contributed by atoms with Gasteiger partial charge in [-0.15, -0.1) is 0 Å². The molecule has 0 heterocycles. The minimum atomic E-state index is 0.726. The lowest BCUT2D eigenvalue weighted by Gasteiger charge is -2.25. The minimum absolute atomic E-state index is 0.726. The van der Waals surface area contributed by atoms with Crippen LogP contribution >= 0.6 is 0 Å². The first-order chi connectivity index (χ1) is 14.3.